The smallest absolute Gasteiger partial charge is 0.338 e. The summed E-state index contributed by atoms with van der Waals surface area (Å²) in [6.45, 7) is 3.48. The second-order valence-electron chi connectivity index (χ2n) is 5.19. The van der Waals surface area contributed by atoms with E-state index >= 15 is 0 Å². The maximum atomic E-state index is 12.2. The van der Waals surface area contributed by atoms with Crippen molar-refractivity contribution in [3.63, 3.8) is 0 Å². The van der Waals surface area contributed by atoms with E-state index in [4.69, 9.17) is 17.0 Å². The summed E-state index contributed by atoms with van der Waals surface area (Å²) in [6, 6.07) is 5.86. The first-order valence-corrected chi connectivity index (χ1v) is 10.3. The number of thioether (sulfide) groups is 1. The lowest BCUT2D eigenvalue weighted by molar-refractivity contribution is -0.127. The summed E-state index contributed by atoms with van der Waals surface area (Å²) in [5.41, 5.74) is 0.985. The molecule has 0 spiro atoms. The van der Waals surface area contributed by atoms with E-state index in [0.29, 0.717) is 10.5 Å². The molecule has 1 aromatic carbocycles. The van der Waals surface area contributed by atoms with Gasteiger partial charge in [-0.1, -0.05) is 23.1 Å². The van der Waals surface area contributed by atoms with E-state index in [1.54, 1.807) is 35.9 Å². The highest BCUT2D eigenvalue weighted by Crippen LogP contribution is 2.22. The van der Waals surface area contributed by atoms with Crippen molar-refractivity contribution >= 4 is 53.2 Å². The van der Waals surface area contributed by atoms with Crippen LogP contribution in [0.3, 0.4) is 0 Å². The van der Waals surface area contributed by atoms with Gasteiger partial charge in [0.25, 0.3) is 5.91 Å². The van der Waals surface area contributed by atoms with E-state index in [9.17, 15) is 14.4 Å². The second kappa shape index (κ2) is 9.62. The topological polar surface area (TPSA) is 102 Å². The van der Waals surface area contributed by atoms with Crippen LogP contribution in [-0.4, -0.2) is 46.6 Å². The largest absolute Gasteiger partial charge is 0.449 e. The van der Waals surface area contributed by atoms with E-state index in [2.05, 4.69) is 15.7 Å². The lowest BCUT2D eigenvalue weighted by Gasteiger charge is -2.13. The van der Waals surface area contributed by atoms with Crippen molar-refractivity contribution in [1.29, 1.82) is 0 Å². The quantitative estimate of drug-likeness (QED) is 0.416. The summed E-state index contributed by atoms with van der Waals surface area (Å²) >= 11 is 8.18. The van der Waals surface area contributed by atoms with Gasteiger partial charge in [-0.2, -0.15) is 0 Å². The standard InChI is InChI=1S/C16H18N4O4S3/c1-4-17-14(23)18-12(21)9(2)24-13(22)10-5-7-11(8-6-10)20-16(25)27-15(19-20)26-3/h5-9H,4H2,1-3H3,(H2,17,18,21,23)/t9-/m1/s1. The Hall–Kier alpha value is -2.24. The van der Waals surface area contributed by atoms with Crippen molar-refractivity contribution in [3.8, 4) is 5.69 Å². The maximum Gasteiger partial charge on any atom is 0.338 e. The number of aromatic nitrogens is 2. The van der Waals surface area contributed by atoms with Gasteiger partial charge in [0.2, 0.25) is 0 Å². The summed E-state index contributed by atoms with van der Waals surface area (Å²) in [7, 11) is 0. The van der Waals surface area contributed by atoms with Crippen LogP contribution in [-0.2, 0) is 9.53 Å². The Bertz CT molecular complexity index is 892. The third-order valence-corrected chi connectivity index (χ3v) is 5.49. The summed E-state index contributed by atoms with van der Waals surface area (Å²) in [4.78, 5) is 35.4. The first kappa shape index (κ1) is 21.1. The number of carbonyl (C=O) groups is 3. The van der Waals surface area contributed by atoms with Crippen molar-refractivity contribution < 1.29 is 19.1 Å². The Labute approximate surface area is 169 Å². The normalized spacial score (nSPS) is 11.5. The van der Waals surface area contributed by atoms with Crippen molar-refractivity contribution in [2.45, 2.75) is 24.3 Å². The van der Waals surface area contributed by atoms with Crippen LogP contribution in [0.15, 0.2) is 28.6 Å². The number of nitrogens with one attached hydrogen (secondary N) is 2. The van der Waals surface area contributed by atoms with Crippen LogP contribution in [0.4, 0.5) is 4.79 Å². The van der Waals surface area contributed by atoms with Gasteiger partial charge in [0.15, 0.2) is 14.4 Å². The highest BCUT2D eigenvalue weighted by molar-refractivity contribution is 8.00. The van der Waals surface area contributed by atoms with Gasteiger partial charge in [-0.25, -0.2) is 14.3 Å². The molecule has 3 amide bonds. The molecule has 144 valence electrons. The fourth-order valence-corrected chi connectivity index (χ4v) is 3.72. The molecule has 27 heavy (non-hydrogen) atoms. The zero-order valence-corrected chi connectivity index (χ0v) is 17.3. The Morgan fingerprint density at radius 1 is 1.33 bits per heavy atom. The highest BCUT2D eigenvalue weighted by atomic mass is 32.2. The Balaban J connectivity index is 2.02. The van der Waals surface area contributed by atoms with E-state index in [0.717, 1.165) is 10.0 Å². The second-order valence-corrected chi connectivity index (χ2v) is 7.87. The van der Waals surface area contributed by atoms with Gasteiger partial charge in [-0.05, 0) is 56.6 Å². The molecule has 0 aliphatic carbocycles. The first-order chi connectivity index (χ1) is 12.8. The zero-order valence-electron chi connectivity index (χ0n) is 14.8. The molecule has 11 heteroatoms. The number of rotatable bonds is 6. The molecule has 8 nitrogen and oxygen atoms in total. The minimum atomic E-state index is -1.11. The van der Waals surface area contributed by atoms with Crippen LogP contribution in [0.25, 0.3) is 5.69 Å². The van der Waals surface area contributed by atoms with Crippen LogP contribution < -0.4 is 10.6 Å². The summed E-state index contributed by atoms with van der Waals surface area (Å²) in [5.74, 6) is -1.38. The third kappa shape index (κ3) is 5.62. The van der Waals surface area contributed by atoms with E-state index in [-0.39, 0.29) is 5.56 Å². The molecular weight excluding hydrogens is 408 g/mol. The van der Waals surface area contributed by atoms with Crippen LogP contribution >= 0.6 is 35.3 Å². The molecule has 2 N–H and O–H groups in total. The molecule has 0 saturated carbocycles. The van der Waals surface area contributed by atoms with Crippen molar-refractivity contribution in [3.05, 3.63) is 33.8 Å². The number of esters is 1. The Kier molecular flexibility index (Phi) is 7.51. The SMILES string of the molecule is CCNC(=O)NC(=O)[C@@H](C)OC(=O)c1ccc(-n2nc(SC)sc2=S)cc1. The number of amides is 3. The van der Waals surface area contributed by atoms with Gasteiger partial charge >= 0.3 is 12.0 Å². The van der Waals surface area contributed by atoms with Crippen LogP contribution in [0.5, 0.6) is 0 Å². The van der Waals surface area contributed by atoms with Crippen LogP contribution in [0.1, 0.15) is 24.2 Å². The molecule has 0 saturated heterocycles. The monoisotopic (exact) mass is 426 g/mol. The summed E-state index contributed by atoms with van der Waals surface area (Å²) in [6.07, 6.45) is 0.802. The molecule has 1 heterocycles. The molecule has 0 radical (unpaired) electrons. The molecule has 0 fully saturated rings. The predicted molar refractivity (Wildman–Crippen MR) is 106 cm³/mol. The molecule has 1 atom stereocenters. The van der Waals surface area contributed by atoms with Gasteiger partial charge in [-0.3, -0.25) is 10.1 Å². The summed E-state index contributed by atoms with van der Waals surface area (Å²) < 4.78 is 8.15. The van der Waals surface area contributed by atoms with Gasteiger partial charge in [-0.15, -0.1) is 5.10 Å². The molecular formula is C16H18N4O4S3. The van der Waals surface area contributed by atoms with Gasteiger partial charge < -0.3 is 10.1 Å². The number of carbonyl (C=O) groups excluding carboxylic acids is 3. The molecule has 0 unspecified atom stereocenters. The molecule has 1 aromatic heterocycles. The fraction of sp³-hybridized carbons (Fsp3) is 0.312. The maximum absolute atomic E-state index is 12.2. The zero-order chi connectivity index (χ0) is 20.0. The van der Waals surface area contributed by atoms with Crippen molar-refractivity contribution in [2.75, 3.05) is 12.8 Å². The lowest BCUT2D eigenvalue weighted by atomic mass is 10.2. The number of urea groups is 1. The number of benzene rings is 1. The lowest BCUT2D eigenvalue weighted by Crippen LogP contribution is -2.44. The Morgan fingerprint density at radius 2 is 2.00 bits per heavy atom. The fourth-order valence-electron chi connectivity index (χ4n) is 1.95. The number of hydrogen-bond acceptors (Lipinski definition) is 8. The Morgan fingerprint density at radius 3 is 2.56 bits per heavy atom. The summed E-state index contributed by atoms with van der Waals surface area (Å²) in [5, 5.41) is 8.89. The van der Waals surface area contributed by atoms with Gasteiger partial charge in [0.1, 0.15) is 0 Å². The number of ether oxygens (including phenoxy) is 1. The van der Waals surface area contributed by atoms with Crippen molar-refractivity contribution in [1.82, 2.24) is 20.4 Å². The average Bonchev–Trinajstić information content (AvgIpc) is 3.02. The minimum Gasteiger partial charge on any atom is -0.449 e. The average molecular weight is 427 g/mol. The minimum absolute atomic E-state index is 0.267. The number of nitrogens with zero attached hydrogens (tertiary/aromatic N) is 2. The molecule has 2 rings (SSSR count). The highest BCUT2D eigenvalue weighted by Gasteiger charge is 2.20. The van der Waals surface area contributed by atoms with Crippen LogP contribution in [0.2, 0.25) is 0 Å². The van der Waals surface area contributed by atoms with E-state index in [1.165, 1.54) is 30.0 Å². The molecule has 0 aliphatic rings. The molecule has 0 bridgehead atoms. The molecule has 2 aromatic rings. The third-order valence-electron chi connectivity index (χ3n) is 3.28. The van der Waals surface area contributed by atoms with Gasteiger partial charge in [0.05, 0.1) is 11.3 Å². The van der Waals surface area contributed by atoms with E-state index < -0.39 is 24.0 Å². The van der Waals surface area contributed by atoms with Gasteiger partial charge in [0, 0.05) is 6.54 Å². The van der Waals surface area contributed by atoms with Crippen molar-refractivity contribution in [2.24, 2.45) is 0 Å². The molecule has 0 aliphatic heterocycles. The first-order valence-electron chi connectivity index (χ1n) is 7.90. The van der Waals surface area contributed by atoms with Crippen LogP contribution in [0, 0.1) is 3.95 Å². The number of imide groups is 1. The van der Waals surface area contributed by atoms with E-state index in [1.807, 2.05) is 6.26 Å². The predicted octanol–water partition coefficient (Wildman–Crippen LogP) is 2.78. The number of hydrogen-bond donors (Lipinski definition) is 2.